The lowest BCUT2D eigenvalue weighted by molar-refractivity contribution is 0.250. The molecule has 2 aromatic rings. The first kappa shape index (κ1) is 16.8. The number of aryl methyl sites for hydroxylation is 2. The summed E-state index contributed by atoms with van der Waals surface area (Å²) in [4.78, 5) is 11.4. The van der Waals surface area contributed by atoms with Gasteiger partial charge in [-0.3, -0.25) is 0 Å². The fourth-order valence-corrected chi connectivity index (χ4v) is 1.76. The molecule has 3 nitrogen and oxygen atoms in total. The topological polar surface area (TPSA) is 41.1 Å². The predicted molar refractivity (Wildman–Crippen MR) is 89.6 cm³/mol. The van der Waals surface area contributed by atoms with Crippen LogP contribution in [0.2, 0.25) is 0 Å². The molecule has 0 aromatic heterocycles. The number of amides is 2. The maximum atomic E-state index is 11.4. The Balaban J connectivity index is 0.000000304. The van der Waals surface area contributed by atoms with Crippen LogP contribution in [0.3, 0.4) is 0 Å². The molecule has 2 amide bonds. The molecule has 0 aliphatic carbocycles. The van der Waals surface area contributed by atoms with Crippen LogP contribution in [0.4, 0.5) is 10.5 Å². The van der Waals surface area contributed by atoms with E-state index in [4.69, 9.17) is 0 Å². The average molecular weight is 284 g/mol. The molecule has 0 saturated carbocycles. The lowest BCUT2D eigenvalue weighted by atomic mass is 10.1. The Labute approximate surface area is 127 Å². The van der Waals surface area contributed by atoms with E-state index in [1.807, 2.05) is 82.3 Å². The molecular weight excluding hydrogens is 260 g/mol. The van der Waals surface area contributed by atoms with Crippen molar-refractivity contribution in [3.63, 3.8) is 0 Å². The molecule has 2 aromatic carbocycles. The number of nitrogens with one attached hydrogen (secondary N) is 2. The SMILES string of the molecule is Cc1ccc(NC(=O)NC(C)C)c(C)c1.c1ccccc1. The standard InChI is InChI=1S/C12H18N2O.C6H6/c1-8(2)13-12(15)14-11-6-5-9(3)7-10(11)4;1-2-4-6-5-3-1/h5-8H,1-4H3,(H2,13,14,15);1-6H. The number of rotatable bonds is 2. The minimum atomic E-state index is -0.156. The Kier molecular flexibility index (Phi) is 7.02. The van der Waals surface area contributed by atoms with Gasteiger partial charge in [0.15, 0.2) is 0 Å². The van der Waals surface area contributed by atoms with E-state index in [1.54, 1.807) is 0 Å². The van der Waals surface area contributed by atoms with E-state index >= 15 is 0 Å². The summed E-state index contributed by atoms with van der Waals surface area (Å²) in [6.07, 6.45) is 0. The monoisotopic (exact) mass is 284 g/mol. The molecule has 21 heavy (non-hydrogen) atoms. The highest BCUT2D eigenvalue weighted by Crippen LogP contribution is 2.15. The first-order valence-electron chi connectivity index (χ1n) is 7.14. The lowest BCUT2D eigenvalue weighted by Crippen LogP contribution is -2.34. The third-order valence-electron chi connectivity index (χ3n) is 2.72. The highest BCUT2D eigenvalue weighted by atomic mass is 16.2. The van der Waals surface area contributed by atoms with Gasteiger partial charge in [0.25, 0.3) is 0 Å². The van der Waals surface area contributed by atoms with E-state index in [-0.39, 0.29) is 12.1 Å². The molecule has 2 rings (SSSR count). The van der Waals surface area contributed by atoms with Gasteiger partial charge in [0.2, 0.25) is 0 Å². The second kappa shape index (κ2) is 8.80. The summed E-state index contributed by atoms with van der Waals surface area (Å²) in [5.41, 5.74) is 3.13. The number of hydrogen-bond acceptors (Lipinski definition) is 1. The highest BCUT2D eigenvalue weighted by Gasteiger charge is 2.04. The van der Waals surface area contributed by atoms with Crippen molar-refractivity contribution in [3.8, 4) is 0 Å². The van der Waals surface area contributed by atoms with Crippen molar-refractivity contribution in [3.05, 3.63) is 65.7 Å². The fraction of sp³-hybridized carbons (Fsp3) is 0.278. The van der Waals surface area contributed by atoms with E-state index in [1.165, 1.54) is 5.56 Å². The van der Waals surface area contributed by atoms with Crippen LogP contribution >= 0.6 is 0 Å². The Morgan fingerprint density at radius 2 is 1.48 bits per heavy atom. The van der Waals surface area contributed by atoms with Crippen molar-refractivity contribution in [1.29, 1.82) is 0 Å². The van der Waals surface area contributed by atoms with Crippen molar-refractivity contribution >= 4 is 11.7 Å². The smallest absolute Gasteiger partial charge is 0.319 e. The van der Waals surface area contributed by atoms with E-state index in [0.717, 1.165) is 11.3 Å². The number of carbonyl (C=O) groups excluding carboxylic acids is 1. The molecule has 0 aliphatic rings. The molecule has 0 spiro atoms. The molecule has 0 radical (unpaired) electrons. The Hall–Kier alpha value is -2.29. The molecule has 0 atom stereocenters. The Bertz CT molecular complexity index is 524. The maximum Gasteiger partial charge on any atom is 0.319 e. The van der Waals surface area contributed by atoms with Crippen molar-refractivity contribution in [2.45, 2.75) is 33.7 Å². The van der Waals surface area contributed by atoms with Crippen molar-refractivity contribution in [1.82, 2.24) is 5.32 Å². The van der Waals surface area contributed by atoms with E-state index < -0.39 is 0 Å². The zero-order chi connectivity index (χ0) is 15.7. The molecule has 3 heteroatoms. The van der Waals surface area contributed by atoms with Crippen molar-refractivity contribution in [2.24, 2.45) is 0 Å². The Morgan fingerprint density at radius 1 is 0.952 bits per heavy atom. The van der Waals surface area contributed by atoms with Gasteiger partial charge >= 0.3 is 6.03 Å². The zero-order valence-electron chi connectivity index (χ0n) is 13.2. The van der Waals surface area contributed by atoms with Crippen molar-refractivity contribution < 1.29 is 4.79 Å². The first-order valence-corrected chi connectivity index (χ1v) is 7.14. The van der Waals surface area contributed by atoms with Gasteiger partial charge in [0, 0.05) is 11.7 Å². The van der Waals surface area contributed by atoms with Crippen LogP contribution in [0.25, 0.3) is 0 Å². The zero-order valence-corrected chi connectivity index (χ0v) is 13.2. The average Bonchev–Trinajstić information content (AvgIpc) is 2.44. The molecular formula is C18H24N2O. The molecule has 0 aliphatic heterocycles. The van der Waals surface area contributed by atoms with Gasteiger partial charge in [-0.25, -0.2) is 4.79 Å². The summed E-state index contributed by atoms with van der Waals surface area (Å²) >= 11 is 0. The third-order valence-corrected chi connectivity index (χ3v) is 2.72. The third kappa shape index (κ3) is 7.16. The second-order valence-electron chi connectivity index (χ2n) is 5.23. The highest BCUT2D eigenvalue weighted by molar-refractivity contribution is 5.90. The normalized spacial score (nSPS) is 9.57. The second-order valence-corrected chi connectivity index (χ2v) is 5.23. The van der Waals surface area contributed by atoms with Gasteiger partial charge in [-0.15, -0.1) is 0 Å². The van der Waals surface area contributed by atoms with Crippen LogP contribution in [-0.4, -0.2) is 12.1 Å². The number of anilines is 1. The maximum absolute atomic E-state index is 11.4. The Morgan fingerprint density at radius 3 is 1.90 bits per heavy atom. The largest absolute Gasteiger partial charge is 0.336 e. The molecule has 0 saturated heterocycles. The van der Waals surface area contributed by atoms with Gasteiger partial charge < -0.3 is 10.6 Å². The first-order chi connectivity index (χ1) is 9.99. The van der Waals surface area contributed by atoms with Crippen LogP contribution < -0.4 is 10.6 Å². The number of hydrogen-bond donors (Lipinski definition) is 2. The fourth-order valence-electron chi connectivity index (χ4n) is 1.76. The summed E-state index contributed by atoms with van der Waals surface area (Å²) in [5, 5.41) is 5.60. The minimum absolute atomic E-state index is 0.149. The summed E-state index contributed by atoms with van der Waals surface area (Å²) in [7, 11) is 0. The van der Waals surface area contributed by atoms with Gasteiger partial charge in [0.05, 0.1) is 0 Å². The molecule has 0 unspecified atom stereocenters. The summed E-state index contributed by atoms with van der Waals surface area (Å²) < 4.78 is 0. The van der Waals surface area contributed by atoms with Crippen LogP contribution in [0.5, 0.6) is 0 Å². The van der Waals surface area contributed by atoms with E-state index in [2.05, 4.69) is 10.6 Å². The summed E-state index contributed by atoms with van der Waals surface area (Å²) in [6.45, 7) is 7.88. The van der Waals surface area contributed by atoms with Crippen LogP contribution in [0.1, 0.15) is 25.0 Å². The quantitative estimate of drug-likeness (QED) is 0.836. The van der Waals surface area contributed by atoms with Gasteiger partial charge in [0.1, 0.15) is 0 Å². The number of carbonyl (C=O) groups is 1. The molecule has 0 bridgehead atoms. The molecule has 0 fully saturated rings. The van der Waals surface area contributed by atoms with Crippen LogP contribution in [0.15, 0.2) is 54.6 Å². The summed E-state index contributed by atoms with van der Waals surface area (Å²) in [6, 6.07) is 17.9. The predicted octanol–water partition coefficient (Wildman–Crippen LogP) is 4.52. The van der Waals surface area contributed by atoms with E-state index in [0.29, 0.717) is 0 Å². The number of benzene rings is 2. The minimum Gasteiger partial charge on any atom is -0.336 e. The van der Waals surface area contributed by atoms with Crippen LogP contribution in [0, 0.1) is 13.8 Å². The van der Waals surface area contributed by atoms with Gasteiger partial charge in [-0.2, -0.15) is 0 Å². The molecule has 112 valence electrons. The number of urea groups is 1. The van der Waals surface area contributed by atoms with E-state index in [9.17, 15) is 4.79 Å². The van der Waals surface area contributed by atoms with Crippen molar-refractivity contribution in [2.75, 3.05) is 5.32 Å². The van der Waals surface area contributed by atoms with Gasteiger partial charge in [-0.05, 0) is 39.3 Å². The lowest BCUT2D eigenvalue weighted by Gasteiger charge is -2.12. The summed E-state index contributed by atoms with van der Waals surface area (Å²) in [5.74, 6) is 0. The van der Waals surface area contributed by atoms with Crippen LogP contribution in [-0.2, 0) is 0 Å². The molecule has 0 heterocycles. The van der Waals surface area contributed by atoms with Gasteiger partial charge in [-0.1, -0.05) is 54.1 Å². The molecule has 2 N–H and O–H groups in total.